The first-order valence-electron chi connectivity index (χ1n) is 6.99. The lowest BCUT2D eigenvalue weighted by Crippen LogP contribution is -2.41. The van der Waals surface area contributed by atoms with Gasteiger partial charge in [-0.25, -0.2) is 8.78 Å². The van der Waals surface area contributed by atoms with Crippen molar-refractivity contribution in [1.29, 1.82) is 0 Å². The number of nitrogen functional groups attached to an aromatic ring is 1. The van der Waals surface area contributed by atoms with Gasteiger partial charge in [0.25, 0.3) is 0 Å². The van der Waals surface area contributed by atoms with Crippen LogP contribution in [-0.2, 0) is 9.31 Å². The summed E-state index contributed by atoms with van der Waals surface area (Å²) in [6, 6.07) is 1.76. The van der Waals surface area contributed by atoms with Crippen LogP contribution in [0.5, 0.6) is 0 Å². The average Bonchev–Trinajstić information content (AvgIpc) is 2.57. The monoisotopic (exact) mass is 311 g/mol. The molecule has 1 aromatic rings. The maximum absolute atomic E-state index is 13.9. The van der Waals surface area contributed by atoms with Crippen LogP contribution in [0, 0.1) is 11.6 Å². The van der Waals surface area contributed by atoms with Crippen molar-refractivity contribution in [3.8, 4) is 0 Å². The molecule has 1 aromatic carbocycles. The number of hydrogen-bond acceptors (Lipinski definition) is 4. The Balaban J connectivity index is 2.38. The van der Waals surface area contributed by atoms with Gasteiger partial charge in [-0.05, 0) is 39.2 Å². The zero-order valence-corrected chi connectivity index (χ0v) is 13.1. The Kier molecular flexibility index (Phi) is 4.34. The fraction of sp³-hybridized carbons (Fsp3) is 0.467. The van der Waals surface area contributed by atoms with Crippen molar-refractivity contribution in [1.82, 2.24) is 0 Å². The molecule has 0 unspecified atom stereocenters. The van der Waals surface area contributed by atoms with E-state index in [-0.39, 0.29) is 11.3 Å². The highest BCUT2D eigenvalue weighted by Gasteiger charge is 2.52. The molecular weight excluding hydrogens is 291 g/mol. The van der Waals surface area contributed by atoms with Gasteiger partial charge in [0.1, 0.15) is 11.6 Å². The van der Waals surface area contributed by atoms with Gasteiger partial charge in [0.05, 0.1) is 17.8 Å². The second-order valence-electron chi connectivity index (χ2n) is 6.36. The van der Waals surface area contributed by atoms with Crippen LogP contribution in [0.2, 0.25) is 0 Å². The van der Waals surface area contributed by atoms with Gasteiger partial charge in [0, 0.05) is 17.3 Å². The number of hydrogen-bond donors (Lipinski definition) is 2. The minimum atomic E-state index is -0.821. The molecule has 0 radical (unpaired) electrons. The van der Waals surface area contributed by atoms with Gasteiger partial charge in [-0.2, -0.15) is 0 Å². The van der Waals surface area contributed by atoms with E-state index in [0.29, 0.717) is 5.47 Å². The topological polar surface area (TPSA) is 64.7 Å². The number of nitrogens with two attached hydrogens (primary N) is 1. The Labute approximate surface area is 129 Å². The molecule has 1 fully saturated rings. The second-order valence-corrected chi connectivity index (χ2v) is 6.36. The van der Waals surface area contributed by atoms with E-state index < -0.39 is 36.6 Å². The Hall–Kier alpha value is -1.44. The fourth-order valence-electron chi connectivity index (χ4n) is 2.13. The molecule has 120 valence electrons. The number of aliphatic hydroxyl groups is 1. The summed E-state index contributed by atoms with van der Waals surface area (Å²) in [7, 11) is -0.821. The summed E-state index contributed by atoms with van der Waals surface area (Å²) in [6.07, 6.45) is 1.34. The Morgan fingerprint density at radius 2 is 1.77 bits per heavy atom. The van der Waals surface area contributed by atoms with Crippen molar-refractivity contribution in [3.63, 3.8) is 0 Å². The number of rotatable bonds is 3. The van der Waals surface area contributed by atoms with E-state index in [2.05, 4.69) is 0 Å². The summed E-state index contributed by atoms with van der Waals surface area (Å²) in [6.45, 7) is 7.08. The van der Waals surface area contributed by atoms with E-state index in [4.69, 9.17) is 15.0 Å². The summed E-state index contributed by atoms with van der Waals surface area (Å²) in [5, 5.41) is 9.56. The Bertz CT molecular complexity index is 578. The molecule has 7 heteroatoms. The lowest BCUT2D eigenvalue weighted by atomic mass is 9.77. The molecule has 1 heterocycles. The molecule has 0 aromatic heterocycles. The normalized spacial score (nSPS) is 20.5. The van der Waals surface area contributed by atoms with Gasteiger partial charge in [-0.1, -0.05) is 6.08 Å². The number of halogens is 2. The maximum atomic E-state index is 13.9. The van der Waals surface area contributed by atoms with Crippen molar-refractivity contribution in [2.45, 2.75) is 38.9 Å². The smallest absolute Gasteiger partial charge is 0.400 e. The predicted octanol–water partition coefficient (Wildman–Crippen LogP) is 2.55. The quantitative estimate of drug-likeness (QED) is 0.665. The molecule has 0 spiro atoms. The van der Waals surface area contributed by atoms with Crippen LogP contribution in [0.3, 0.4) is 0 Å². The van der Waals surface area contributed by atoms with Gasteiger partial charge in [-0.3, -0.25) is 0 Å². The van der Waals surface area contributed by atoms with E-state index >= 15 is 0 Å². The molecule has 0 atom stereocenters. The van der Waals surface area contributed by atoms with Crippen molar-refractivity contribution in [3.05, 3.63) is 34.8 Å². The number of benzene rings is 1. The van der Waals surface area contributed by atoms with Crippen LogP contribution < -0.4 is 5.73 Å². The first kappa shape index (κ1) is 16.9. The summed E-state index contributed by atoms with van der Waals surface area (Å²) in [5.41, 5.74) is 4.73. The van der Waals surface area contributed by atoms with E-state index in [0.717, 1.165) is 12.1 Å². The predicted molar refractivity (Wildman–Crippen MR) is 81.9 cm³/mol. The van der Waals surface area contributed by atoms with Crippen molar-refractivity contribution in [2.24, 2.45) is 0 Å². The van der Waals surface area contributed by atoms with Crippen LogP contribution in [0.1, 0.15) is 33.3 Å². The fourth-order valence-corrected chi connectivity index (χ4v) is 2.13. The lowest BCUT2D eigenvalue weighted by molar-refractivity contribution is 0.00578. The molecule has 0 aliphatic carbocycles. The standard InChI is InChI=1S/C15H20BF2NO3/c1-14(2)15(3,4)22-16(21-14)9(8-20)5-11-12(18)6-10(17)7-13(11)19/h5-7,20H,8,19H2,1-4H3. The summed E-state index contributed by atoms with van der Waals surface area (Å²) in [5.74, 6) is -1.56. The number of anilines is 1. The summed E-state index contributed by atoms with van der Waals surface area (Å²) < 4.78 is 38.6. The van der Waals surface area contributed by atoms with Crippen LogP contribution in [0.4, 0.5) is 14.5 Å². The molecule has 0 saturated carbocycles. The Morgan fingerprint density at radius 1 is 1.23 bits per heavy atom. The minimum absolute atomic E-state index is 0.000150. The van der Waals surface area contributed by atoms with Crippen molar-refractivity contribution in [2.75, 3.05) is 12.3 Å². The largest absolute Gasteiger partial charge is 0.492 e. The molecule has 2 rings (SSSR count). The Morgan fingerprint density at radius 3 is 2.23 bits per heavy atom. The SMILES string of the molecule is CC1(C)OB(C(=Cc2c(N)cc(F)cc2F)CO)OC1(C)C. The number of aliphatic hydroxyl groups excluding tert-OH is 1. The molecule has 1 aliphatic rings. The van der Waals surface area contributed by atoms with Crippen LogP contribution in [0.25, 0.3) is 6.08 Å². The average molecular weight is 311 g/mol. The highest BCUT2D eigenvalue weighted by Crippen LogP contribution is 2.39. The van der Waals surface area contributed by atoms with Gasteiger partial charge in [-0.15, -0.1) is 0 Å². The third-order valence-electron chi connectivity index (χ3n) is 4.19. The maximum Gasteiger partial charge on any atom is 0.492 e. The summed E-state index contributed by atoms with van der Waals surface area (Å²) >= 11 is 0. The van der Waals surface area contributed by atoms with Gasteiger partial charge < -0.3 is 20.1 Å². The highest BCUT2D eigenvalue weighted by molar-refractivity contribution is 6.55. The molecule has 22 heavy (non-hydrogen) atoms. The minimum Gasteiger partial charge on any atom is -0.400 e. The second kappa shape index (κ2) is 5.64. The van der Waals surface area contributed by atoms with Gasteiger partial charge in [0.15, 0.2) is 0 Å². The first-order valence-corrected chi connectivity index (χ1v) is 6.99. The van der Waals surface area contributed by atoms with E-state index in [9.17, 15) is 13.9 Å². The zero-order chi connectivity index (χ0) is 16.7. The third kappa shape index (κ3) is 3.02. The molecule has 4 nitrogen and oxygen atoms in total. The molecule has 0 bridgehead atoms. The lowest BCUT2D eigenvalue weighted by Gasteiger charge is -2.32. The molecule has 1 aliphatic heterocycles. The van der Waals surface area contributed by atoms with E-state index in [1.54, 1.807) is 0 Å². The molecule has 1 saturated heterocycles. The van der Waals surface area contributed by atoms with Crippen LogP contribution >= 0.6 is 0 Å². The van der Waals surface area contributed by atoms with Crippen molar-refractivity contribution < 1.29 is 23.2 Å². The van der Waals surface area contributed by atoms with E-state index in [1.165, 1.54) is 6.08 Å². The molecule has 3 N–H and O–H groups in total. The van der Waals surface area contributed by atoms with Gasteiger partial charge >= 0.3 is 7.12 Å². The first-order chi connectivity index (χ1) is 10.1. The summed E-state index contributed by atoms with van der Waals surface area (Å²) in [4.78, 5) is 0. The molecular formula is C15H20BF2NO3. The van der Waals surface area contributed by atoms with Crippen LogP contribution in [-0.4, -0.2) is 30.0 Å². The molecule has 0 amide bonds. The zero-order valence-electron chi connectivity index (χ0n) is 13.1. The van der Waals surface area contributed by atoms with Crippen molar-refractivity contribution >= 4 is 18.9 Å². The third-order valence-corrected chi connectivity index (χ3v) is 4.19. The highest BCUT2D eigenvalue weighted by atomic mass is 19.1. The van der Waals surface area contributed by atoms with E-state index in [1.807, 2.05) is 27.7 Å². The van der Waals surface area contributed by atoms with Gasteiger partial charge in [0.2, 0.25) is 0 Å². The van der Waals surface area contributed by atoms with Crippen LogP contribution in [0.15, 0.2) is 17.6 Å².